The zero-order chi connectivity index (χ0) is 11.3. The van der Waals surface area contributed by atoms with Gasteiger partial charge in [-0.2, -0.15) is 0 Å². The van der Waals surface area contributed by atoms with Gasteiger partial charge in [0.25, 0.3) is 0 Å². The second-order valence-electron chi connectivity index (χ2n) is 3.14. The van der Waals surface area contributed by atoms with Gasteiger partial charge in [0, 0.05) is 5.69 Å². The summed E-state index contributed by atoms with van der Waals surface area (Å²) in [6.45, 7) is 1.87. The van der Waals surface area contributed by atoms with Gasteiger partial charge in [-0.15, -0.1) is 0 Å². The average Bonchev–Trinajstić information content (AvgIpc) is 2.27. The van der Waals surface area contributed by atoms with Crippen molar-refractivity contribution < 1.29 is 13.9 Å². The fourth-order valence-electron chi connectivity index (χ4n) is 1.22. The molecule has 0 fully saturated rings. The summed E-state index contributed by atoms with van der Waals surface area (Å²) in [6, 6.07) is 5.46. The molecule has 0 spiro atoms. The molecule has 15 heavy (non-hydrogen) atoms. The highest BCUT2D eigenvalue weighted by atomic mass is 19.1. The molecule has 0 aliphatic rings. The van der Waals surface area contributed by atoms with Gasteiger partial charge in [-0.3, -0.25) is 0 Å². The summed E-state index contributed by atoms with van der Waals surface area (Å²) in [6.07, 6.45) is 0.615. The second-order valence-corrected chi connectivity index (χ2v) is 3.14. The van der Waals surface area contributed by atoms with Gasteiger partial charge in [-0.05, 0) is 30.7 Å². The van der Waals surface area contributed by atoms with Gasteiger partial charge in [0.1, 0.15) is 11.9 Å². The normalized spacial score (nSPS) is 11.9. The van der Waals surface area contributed by atoms with Crippen LogP contribution < -0.4 is 5.32 Å². The fraction of sp³-hybridized carbons (Fsp3) is 0.364. The Morgan fingerprint density at radius 1 is 1.47 bits per heavy atom. The summed E-state index contributed by atoms with van der Waals surface area (Å²) >= 11 is 0. The predicted octanol–water partition coefficient (Wildman–Crippen LogP) is 2.19. The quantitative estimate of drug-likeness (QED) is 0.776. The number of halogens is 1. The van der Waals surface area contributed by atoms with E-state index >= 15 is 0 Å². The van der Waals surface area contributed by atoms with Crippen LogP contribution in [0.2, 0.25) is 0 Å². The highest BCUT2D eigenvalue weighted by Crippen LogP contribution is 2.11. The van der Waals surface area contributed by atoms with Gasteiger partial charge >= 0.3 is 5.97 Å². The Morgan fingerprint density at radius 3 is 2.53 bits per heavy atom. The van der Waals surface area contributed by atoms with Gasteiger partial charge in [-0.1, -0.05) is 6.92 Å². The van der Waals surface area contributed by atoms with Crippen LogP contribution in [0, 0.1) is 5.82 Å². The number of carbonyl (C=O) groups excluding carboxylic acids is 1. The largest absolute Gasteiger partial charge is 0.467 e. The smallest absolute Gasteiger partial charge is 0.328 e. The van der Waals surface area contributed by atoms with Gasteiger partial charge in [0.15, 0.2) is 0 Å². The topological polar surface area (TPSA) is 38.3 Å². The van der Waals surface area contributed by atoms with Crippen molar-refractivity contribution in [3.8, 4) is 0 Å². The first-order valence-electron chi connectivity index (χ1n) is 4.77. The number of benzene rings is 1. The Kier molecular flexibility index (Phi) is 4.09. The van der Waals surface area contributed by atoms with Gasteiger partial charge in [0.05, 0.1) is 7.11 Å². The highest BCUT2D eigenvalue weighted by molar-refractivity contribution is 5.79. The molecule has 1 aromatic rings. The minimum atomic E-state index is -0.388. The molecule has 0 amide bonds. The number of anilines is 1. The number of carbonyl (C=O) groups is 1. The molecule has 0 aromatic heterocycles. The molecule has 4 heteroatoms. The molecule has 82 valence electrons. The average molecular weight is 211 g/mol. The van der Waals surface area contributed by atoms with E-state index in [0.29, 0.717) is 12.1 Å². The molecule has 1 unspecified atom stereocenters. The Balaban J connectivity index is 2.66. The molecule has 1 N–H and O–H groups in total. The Morgan fingerprint density at radius 2 is 2.07 bits per heavy atom. The molecule has 1 aromatic carbocycles. The van der Waals surface area contributed by atoms with Crippen LogP contribution in [0.1, 0.15) is 13.3 Å². The maximum atomic E-state index is 12.6. The van der Waals surface area contributed by atoms with Gasteiger partial charge < -0.3 is 10.1 Å². The zero-order valence-corrected chi connectivity index (χ0v) is 8.79. The van der Waals surface area contributed by atoms with Crippen LogP contribution in [0.25, 0.3) is 0 Å². The van der Waals surface area contributed by atoms with Crippen molar-refractivity contribution in [1.82, 2.24) is 0 Å². The van der Waals surface area contributed by atoms with E-state index in [4.69, 9.17) is 0 Å². The molecule has 1 rings (SSSR count). The van der Waals surface area contributed by atoms with E-state index < -0.39 is 0 Å². The molecule has 3 nitrogen and oxygen atoms in total. The molecule has 0 saturated carbocycles. The maximum absolute atomic E-state index is 12.6. The third kappa shape index (κ3) is 3.23. The molecule has 0 radical (unpaired) electrons. The van der Waals surface area contributed by atoms with Crippen molar-refractivity contribution in [2.24, 2.45) is 0 Å². The van der Waals surface area contributed by atoms with Crippen LogP contribution in [-0.4, -0.2) is 19.1 Å². The summed E-state index contributed by atoms with van der Waals surface area (Å²) in [5.41, 5.74) is 0.702. The van der Waals surface area contributed by atoms with Crippen molar-refractivity contribution in [2.75, 3.05) is 12.4 Å². The fourth-order valence-corrected chi connectivity index (χ4v) is 1.22. The minimum Gasteiger partial charge on any atom is -0.467 e. The maximum Gasteiger partial charge on any atom is 0.328 e. The molecular formula is C11H14FNO2. The lowest BCUT2D eigenvalue weighted by atomic mass is 10.2. The van der Waals surface area contributed by atoms with E-state index in [1.165, 1.54) is 19.2 Å². The van der Waals surface area contributed by atoms with E-state index in [0.717, 1.165) is 0 Å². The third-order valence-corrected chi connectivity index (χ3v) is 2.08. The molecule has 0 aliphatic carbocycles. The van der Waals surface area contributed by atoms with Crippen LogP contribution in [0.4, 0.5) is 10.1 Å². The molecule has 0 bridgehead atoms. The van der Waals surface area contributed by atoms with Crippen LogP contribution in [0.3, 0.4) is 0 Å². The first-order chi connectivity index (χ1) is 7.17. The second kappa shape index (κ2) is 5.34. The summed E-state index contributed by atoms with van der Waals surface area (Å²) in [4.78, 5) is 11.3. The summed E-state index contributed by atoms with van der Waals surface area (Å²) in [5.74, 6) is -0.617. The van der Waals surface area contributed by atoms with Gasteiger partial charge in [0.2, 0.25) is 0 Å². The molecular weight excluding hydrogens is 197 g/mol. The van der Waals surface area contributed by atoms with Crippen LogP contribution in [0.5, 0.6) is 0 Å². The molecule has 0 saturated heterocycles. The van der Waals surface area contributed by atoms with Crippen molar-refractivity contribution in [1.29, 1.82) is 0 Å². The first-order valence-corrected chi connectivity index (χ1v) is 4.77. The molecule has 0 aliphatic heterocycles. The highest BCUT2D eigenvalue weighted by Gasteiger charge is 2.15. The number of methoxy groups -OCH3 is 1. The minimum absolute atomic E-state index is 0.299. The lowest BCUT2D eigenvalue weighted by molar-refractivity contribution is -0.141. The lowest BCUT2D eigenvalue weighted by Gasteiger charge is -2.15. The molecule has 0 heterocycles. The number of rotatable bonds is 4. The van der Waals surface area contributed by atoms with E-state index in [1.54, 1.807) is 12.1 Å². The monoisotopic (exact) mass is 211 g/mol. The standard InChI is InChI=1S/C11H14FNO2/c1-3-10(11(14)15-2)13-9-6-4-8(12)5-7-9/h4-7,10,13H,3H2,1-2H3. The Bertz CT molecular complexity index is 324. The van der Waals surface area contributed by atoms with E-state index in [-0.39, 0.29) is 17.8 Å². The summed E-state index contributed by atoms with van der Waals surface area (Å²) in [5, 5.41) is 2.97. The summed E-state index contributed by atoms with van der Waals surface area (Å²) in [7, 11) is 1.34. The van der Waals surface area contributed by atoms with Crippen molar-refractivity contribution in [3.63, 3.8) is 0 Å². The van der Waals surface area contributed by atoms with Crippen LogP contribution in [0.15, 0.2) is 24.3 Å². The summed E-state index contributed by atoms with van der Waals surface area (Å²) < 4.78 is 17.2. The SMILES string of the molecule is CCC(Nc1ccc(F)cc1)C(=O)OC. The lowest BCUT2D eigenvalue weighted by Crippen LogP contribution is -2.29. The number of ether oxygens (including phenoxy) is 1. The molecule has 1 atom stereocenters. The van der Waals surface area contributed by atoms with E-state index in [1.807, 2.05) is 6.92 Å². The van der Waals surface area contributed by atoms with Crippen molar-refractivity contribution in [3.05, 3.63) is 30.1 Å². The third-order valence-electron chi connectivity index (χ3n) is 2.08. The number of nitrogens with one attached hydrogen (secondary N) is 1. The van der Waals surface area contributed by atoms with Crippen LogP contribution >= 0.6 is 0 Å². The number of hydrogen-bond donors (Lipinski definition) is 1. The number of esters is 1. The van der Waals surface area contributed by atoms with Crippen LogP contribution in [-0.2, 0) is 9.53 Å². The predicted molar refractivity (Wildman–Crippen MR) is 56.1 cm³/mol. The van der Waals surface area contributed by atoms with E-state index in [2.05, 4.69) is 10.1 Å². The number of hydrogen-bond acceptors (Lipinski definition) is 3. The first kappa shape index (κ1) is 11.5. The zero-order valence-electron chi connectivity index (χ0n) is 8.79. The Hall–Kier alpha value is -1.58. The van der Waals surface area contributed by atoms with Crippen molar-refractivity contribution in [2.45, 2.75) is 19.4 Å². The van der Waals surface area contributed by atoms with E-state index in [9.17, 15) is 9.18 Å². The Labute approximate surface area is 88.2 Å². The van der Waals surface area contributed by atoms with Crippen molar-refractivity contribution >= 4 is 11.7 Å². The van der Waals surface area contributed by atoms with Gasteiger partial charge in [-0.25, -0.2) is 9.18 Å².